The smallest absolute Gasteiger partial charge is 0.338 e. The maximum Gasteiger partial charge on any atom is 0.338 e. The highest BCUT2D eigenvalue weighted by Gasteiger charge is 2.35. The number of nitrogens with zero attached hydrogens (tertiary/aromatic N) is 1. The van der Waals surface area contributed by atoms with Crippen LogP contribution in [0.3, 0.4) is 0 Å². The molecule has 1 aromatic carbocycles. The third kappa shape index (κ3) is 4.09. The second-order valence-electron chi connectivity index (χ2n) is 6.48. The van der Waals surface area contributed by atoms with Crippen molar-refractivity contribution in [2.45, 2.75) is 32.8 Å². The Morgan fingerprint density at radius 1 is 1.17 bits per heavy atom. The van der Waals surface area contributed by atoms with Crippen molar-refractivity contribution in [3.63, 3.8) is 0 Å². The summed E-state index contributed by atoms with van der Waals surface area (Å²) in [5, 5.41) is 0. The van der Waals surface area contributed by atoms with Gasteiger partial charge in [-0.2, -0.15) is 0 Å². The summed E-state index contributed by atoms with van der Waals surface area (Å²) in [4.78, 5) is 37.1. The first-order valence-corrected chi connectivity index (χ1v) is 7.43. The van der Waals surface area contributed by atoms with E-state index in [1.807, 2.05) is 0 Å². The number of benzene rings is 1. The van der Waals surface area contributed by atoms with Crippen LogP contribution in [0.5, 0.6) is 0 Å². The summed E-state index contributed by atoms with van der Waals surface area (Å²) in [6.07, 6.45) is 0.139. The minimum absolute atomic E-state index is 0.134. The third-order valence-corrected chi connectivity index (χ3v) is 3.47. The number of hydrogen-bond donors (Lipinski definition) is 0. The average molecular weight is 319 g/mol. The van der Waals surface area contributed by atoms with Gasteiger partial charge in [0.25, 0.3) is 0 Å². The molecule has 2 rings (SSSR count). The Kier molecular flexibility index (Phi) is 4.73. The lowest BCUT2D eigenvalue weighted by molar-refractivity contribution is -0.145. The molecule has 1 aliphatic heterocycles. The Labute approximate surface area is 135 Å². The molecule has 0 radical (unpaired) electrons. The van der Waals surface area contributed by atoms with Crippen molar-refractivity contribution in [2.24, 2.45) is 5.92 Å². The summed E-state index contributed by atoms with van der Waals surface area (Å²) >= 11 is 0. The summed E-state index contributed by atoms with van der Waals surface area (Å²) in [6.45, 7) is 5.69. The molecule has 0 aliphatic carbocycles. The van der Waals surface area contributed by atoms with Gasteiger partial charge in [-0.15, -0.1) is 0 Å². The number of ether oxygens (including phenoxy) is 2. The van der Waals surface area contributed by atoms with Crippen LogP contribution < -0.4 is 4.90 Å². The van der Waals surface area contributed by atoms with E-state index in [0.717, 1.165) is 0 Å². The molecule has 0 N–H and O–H groups in total. The fourth-order valence-electron chi connectivity index (χ4n) is 2.40. The van der Waals surface area contributed by atoms with Crippen molar-refractivity contribution in [2.75, 3.05) is 18.6 Å². The maximum absolute atomic E-state index is 12.0. The summed E-state index contributed by atoms with van der Waals surface area (Å²) in [7, 11) is 1.31. The molecule has 0 spiro atoms. The molecular weight excluding hydrogens is 298 g/mol. The Balaban J connectivity index is 2.09. The van der Waals surface area contributed by atoms with Crippen molar-refractivity contribution in [3.05, 3.63) is 29.8 Å². The zero-order chi connectivity index (χ0) is 17.2. The van der Waals surface area contributed by atoms with Gasteiger partial charge in [0.1, 0.15) is 5.60 Å². The van der Waals surface area contributed by atoms with Gasteiger partial charge >= 0.3 is 11.9 Å². The fourth-order valence-corrected chi connectivity index (χ4v) is 2.40. The molecule has 1 fully saturated rings. The number of carbonyl (C=O) groups excluding carboxylic acids is 3. The zero-order valence-corrected chi connectivity index (χ0v) is 13.8. The fraction of sp³-hybridized carbons (Fsp3) is 0.471. The molecule has 1 heterocycles. The lowest BCUT2D eigenvalue weighted by Crippen LogP contribution is -2.26. The monoisotopic (exact) mass is 319 g/mol. The van der Waals surface area contributed by atoms with E-state index in [0.29, 0.717) is 11.3 Å². The molecule has 124 valence electrons. The molecule has 6 nitrogen and oxygen atoms in total. The Hall–Kier alpha value is -2.37. The van der Waals surface area contributed by atoms with E-state index in [1.54, 1.807) is 45.0 Å². The predicted molar refractivity (Wildman–Crippen MR) is 84.1 cm³/mol. The van der Waals surface area contributed by atoms with Crippen molar-refractivity contribution in [3.8, 4) is 0 Å². The van der Waals surface area contributed by atoms with Crippen LogP contribution in [0.15, 0.2) is 24.3 Å². The second-order valence-corrected chi connectivity index (χ2v) is 6.48. The highest BCUT2D eigenvalue weighted by Crippen LogP contribution is 2.26. The normalized spacial score (nSPS) is 18.0. The van der Waals surface area contributed by atoms with E-state index in [9.17, 15) is 14.4 Å². The molecule has 23 heavy (non-hydrogen) atoms. The molecule has 6 heteroatoms. The Morgan fingerprint density at radius 3 is 2.30 bits per heavy atom. The molecule has 1 aliphatic rings. The van der Waals surface area contributed by atoms with Crippen LogP contribution in [0.1, 0.15) is 37.6 Å². The minimum atomic E-state index is -0.561. The van der Waals surface area contributed by atoms with Crippen LogP contribution in [0.2, 0.25) is 0 Å². The first-order chi connectivity index (χ1) is 10.7. The van der Waals surface area contributed by atoms with E-state index in [4.69, 9.17) is 4.74 Å². The molecular formula is C17H21NO5. The third-order valence-electron chi connectivity index (χ3n) is 3.47. The number of esters is 2. The van der Waals surface area contributed by atoms with Gasteiger partial charge in [-0.1, -0.05) is 0 Å². The number of anilines is 1. The number of hydrogen-bond acceptors (Lipinski definition) is 5. The van der Waals surface area contributed by atoms with E-state index < -0.39 is 17.5 Å². The number of amides is 1. The minimum Gasteiger partial charge on any atom is -0.469 e. The quantitative estimate of drug-likeness (QED) is 0.798. The van der Waals surface area contributed by atoms with Crippen molar-refractivity contribution in [1.29, 1.82) is 0 Å². The van der Waals surface area contributed by atoms with Crippen molar-refractivity contribution >= 4 is 23.5 Å². The van der Waals surface area contributed by atoms with Gasteiger partial charge < -0.3 is 14.4 Å². The summed E-state index contributed by atoms with van der Waals surface area (Å²) in [6, 6.07) is 6.58. The SMILES string of the molecule is COC(=O)C1CC(=O)N(c2ccc(C(=O)OC(C)(C)C)cc2)C1. The summed E-state index contributed by atoms with van der Waals surface area (Å²) in [5.74, 6) is -1.38. The number of rotatable bonds is 3. The van der Waals surface area contributed by atoms with E-state index in [-0.39, 0.29) is 24.8 Å². The van der Waals surface area contributed by atoms with E-state index in [1.165, 1.54) is 12.0 Å². The van der Waals surface area contributed by atoms with E-state index in [2.05, 4.69) is 4.74 Å². The average Bonchev–Trinajstić information content (AvgIpc) is 2.87. The van der Waals surface area contributed by atoms with Gasteiger partial charge in [0.2, 0.25) is 5.91 Å². The molecule has 0 bridgehead atoms. The molecule has 0 saturated carbocycles. The van der Waals surface area contributed by atoms with Crippen molar-refractivity contribution < 1.29 is 23.9 Å². The van der Waals surface area contributed by atoms with Crippen LogP contribution in [0.4, 0.5) is 5.69 Å². The van der Waals surface area contributed by atoms with Gasteiger partial charge in [-0.05, 0) is 45.0 Å². The summed E-state index contributed by atoms with van der Waals surface area (Å²) < 4.78 is 9.98. The molecule has 1 amide bonds. The van der Waals surface area contributed by atoms with Crippen LogP contribution in [0.25, 0.3) is 0 Å². The van der Waals surface area contributed by atoms with E-state index >= 15 is 0 Å². The maximum atomic E-state index is 12.0. The molecule has 1 unspecified atom stereocenters. The van der Waals surface area contributed by atoms with Gasteiger partial charge in [0.05, 0.1) is 18.6 Å². The molecule has 1 aromatic rings. The van der Waals surface area contributed by atoms with Crippen LogP contribution in [0, 0.1) is 5.92 Å². The topological polar surface area (TPSA) is 72.9 Å². The molecule has 1 atom stereocenters. The lowest BCUT2D eigenvalue weighted by atomic mass is 10.1. The standard InChI is InChI=1S/C17H21NO5/c1-17(2,3)23-16(21)11-5-7-13(8-6-11)18-10-12(9-14(18)19)15(20)22-4/h5-8,12H,9-10H2,1-4H3. The summed E-state index contributed by atoms with van der Waals surface area (Å²) in [5.41, 5.74) is 0.502. The highest BCUT2D eigenvalue weighted by atomic mass is 16.6. The highest BCUT2D eigenvalue weighted by molar-refractivity contribution is 6.00. The largest absolute Gasteiger partial charge is 0.469 e. The second kappa shape index (κ2) is 6.40. The van der Waals surface area contributed by atoms with Gasteiger partial charge in [-0.3, -0.25) is 9.59 Å². The first-order valence-electron chi connectivity index (χ1n) is 7.43. The predicted octanol–water partition coefficient (Wildman–Crippen LogP) is 2.17. The van der Waals surface area contributed by atoms with Crippen LogP contribution in [-0.4, -0.2) is 37.1 Å². The van der Waals surface area contributed by atoms with Gasteiger partial charge in [0.15, 0.2) is 0 Å². The lowest BCUT2D eigenvalue weighted by Gasteiger charge is -2.20. The van der Waals surface area contributed by atoms with Gasteiger partial charge in [-0.25, -0.2) is 4.79 Å². The van der Waals surface area contributed by atoms with Crippen LogP contribution >= 0.6 is 0 Å². The van der Waals surface area contributed by atoms with Crippen LogP contribution in [-0.2, 0) is 19.1 Å². The molecule has 0 aromatic heterocycles. The Bertz CT molecular complexity index is 615. The Morgan fingerprint density at radius 2 is 1.78 bits per heavy atom. The van der Waals surface area contributed by atoms with Gasteiger partial charge in [0, 0.05) is 18.7 Å². The molecule has 1 saturated heterocycles. The zero-order valence-electron chi connectivity index (χ0n) is 13.8. The number of carbonyl (C=O) groups is 3. The first kappa shape index (κ1) is 17.0. The van der Waals surface area contributed by atoms with Crippen molar-refractivity contribution in [1.82, 2.24) is 0 Å². The number of methoxy groups -OCH3 is 1.